The minimum atomic E-state index is -0.832. The Kier molecular flexibility index (Phi) is 4.17. The average Bonchev–Trinajstić information content (AvgIpc) is 2.32. The van der Waals surface area contributed by atoms with Gasteiger partial charge in [-0.05, 0) is 35.4 Å². The van der Waals surface area contributed by atoms with Gasteiger partial charge >= 0.3 is 0 Å². The molecule has 0 radical (unpaired) electrons. The number of hydrogen-bond donors (Lipinski definition) is 1. The fourth-order valence-electron chi connectivity index (χ4n) is 1.64. The molecule has 1 heterocycles. The number of aliphatic hydroxyl groups is 1. The number of benzene rings is 1. The summed E-state index contributed by atoms with van der Waals surface area (Å²) in [5.41, 5.74) is 1.00. The highest BCUT2D eigenvalue weighted by molar-refractivity contribution is 6.30. The molecule has 2 nitrogen and oxygen atoms in total. The molecule has 0 bridgehead atoms. The lowest BCUT2D eigenvalue weighted by Gasteiger charge is -2.11. The molecule has 0 saturated carbocycles. The normalized spacial score (nSPS) is 12.4. The maximum atomic E-state index is 13.6. The first-order chi connectivity index (χ1) is 8.56. The van der Waals surface area contributed by atoms with E-state index >= 15 is 0 Å². The predicted octanol–water partition coefficient (Wildman–Crippen LogP) is 3.80. The van der Waals surface area contributed by atoms with E-state index in [0.717, 1.165) is 0 Å². The van der Waals surface area contributed by atoms with E-state index in [2.05, 4.69) is 4.98 Å². The third-order valence-corrected chi connectivity index (χ3v) is 3.01. The molecule has 0 spiro atoms. The van der Waals surface area contributed by atoms with Gasteiger partial charge in [0.05, 0.1) is 6.10 Å². The number of halogens is 3. The van der Waals surface area contributed by atoms with Crippen molar-refractivity contribution in [3.63, 3.8) is 0 Å². The highest BCUT2D eigenvalue weighted by atomic mass is 35.5. The Labute approximate surface area is 114 Å². The summed E-state index contributed by atoms with van der Waals surface area (Å²) in [5, 5.41) is 10.6. The molecule has 0 saturated heterocycles. The summed E-state index contributed by atoms with van der Waals surface area (Å²) in [6, 6.07) is 7.57. The second-order valence-corrected chi connectivity index (χ2v) is 4.69. The molecule has 5 heteroatoms. The van der Waals surface area contributed by atoms with E-state index in [1.165, 1.54) is 12.3 Å². The largest absolute Gasteiger partial charge is 0.388 e. The van der Waals surface area contributed by atoms with Crippen LogP contribution in [0, 0.1) is 5.82 Å². The second-order valence-electron chi connectivity index (χ2n) is 3.87. The van der Waals surface area contributed by atoms with Crippen molar-refractivity contribution in [2.24, 2.45) is 0 Å². The van der Waals surface area contributed by atoms with Crippen LogP contribution in [0.25, 0.3) is 0 Å². The highest BCUT2D eigenvalue weighted by Gasteiger charge is 2.12. The summed E-state index contributed by atoms with van der Waals surface area (Å²) in [5.74, 6) is -0.429. The van der Waals surface area contributed by atoms with Crippen molar-refractivity contribution in [1.29, 1.82) is 0 Å². The SMILES string of the molecule is OC(Cc1ccc(Cl)cc1F)c1ccnc(Cl)c1. The molecule has 1 aromatic carbocycles. The third-order valence-electron chi connectivity index (χ3n) is 2.56. The Morgan fingerprint density at radius 1 is 1.22 bits per heavy atom. The molecule has 0 aliphatic carbocycles. The Balaban J connectivity index is 2.18. The van der Waals surface area contributed by atoms with E-state index in [1.807, 2.05) is 0 Å². The Hall–Kier alpha value is -1.16. The summed E-state index contributed by atoms with van der Waals surface area (Å²) < 4.78 is 13.6. The van der Waals surface area contributed by atoms with Gasteiger partial charge in [0.2, 0.25) is 0 Å². The van der Waals surface area contributed by atoms with Crippen LogP contribution in [0.3, 0.4) is 0 Å². The fraction of sp³-hybridized carbons (Fsp3) is 0.154. The maximum absolute atomic E-state index is 13.6. The molecule has 0 amide bonds. The van der Waals surface area contributed by atoms with Crippen molar-refractivity contribution in [3.8, 4) is 0 Å². The first-order valence-electron chi connectivity index (χ1n) is 5.29. The minimum Gasteiger partial charge on any atom is -0.388 e. The first kappa shape index (κ1) is 13.3. The van der Waals surface area contributed by atoms with Crippen LogP contribution in [0.5, 0.6) is 0 Å². The lowest BCUT2D eigenvalue weighted by molar-refractivity contribution is 0.177. The van der Waals surface area contributed by atoms with Crippen LogP contribution in [-0.2, 0) is 6.42 Å². The van der Waals surface area contributed by atoms with E-state index in [9.17, 15) is 9.50 Å². The summed E-state index contributed by atoms with van der Waals surface area (Å²) in [4.78, 5) is 3.82. The fourth-order valence-corrected chi connectivity index (χ4v) is 1.98. The van der Waals surface area contributed by atoms with Gasteiger partial charge in [-0.3, -0.25) is 0 Å². The molecule has 2 aromatic rings. The lowest BCUT2D eigenvalue weighted by atomic mass is 10.0. The predicted molar refractivity (Wildman–Crippen MR) is 69.3 cm³/mol. The van der Waals surface area contributed by atoms with Crippen LogP contribution in [0.4, 0.5) is 4.39 Å². The Morgan fingerprint density at radius 3 is 2.67 bits per heavy atom. The van der Waals surface area contributed by atoms with Gasteiger partial charge in [0.15, 0.2) is 0 Å². The van der Waals surface area contributed by atoms with Crippen molar-refractivity contribution >= 4 is 23.2 Å². The molecule has 0 aliphatic heterocycles. The van der Waals surface area contributed by atoms with Crippen LogP contribution in [-0.4, -0.2) is 10.1 Å². The zero-order valence-electron chi connectivity index (χ0n) is 9.28. The van der Waals surface area contributed by atoms with Gasteiger partial charge in [-0.1, -0.05) is 29.3 Å². The number of rotatable bonds is 3. The molecule has 1 aromatic heterocycles. The molecule has 18 heavy (non-hydrogen) atoms. The molecule has 2 rings (SSSR count). The van der Waals surface area contributed by atoms with Crippen molar-refractivity contribution in [1.82, 2.24) is 4.98 Å². The van der Waals surface area contributed by atoms with Gasteiger partial charge in [0.1, 0.15) is 11.0 Å². The summed E-state index contributed by atoms with van der Waals surface area (Å²) in [7, 11) is 0. The monoisotopic (exact) mass is 285 g/mol. The van der Waals surface area contributed by atoms with E-state index in [-0.39, 0.29) is 6.42 Å². The highest BCUT2D eigenvalue weighted by Crippen LogP contribution is 2.23. The van der Waals surface area contributed by atoms with Crippen LogP contribution < -0.4 is 0 Å². The zero-order chi connectivity index (χ0) is 13.1. The second kappa shape index (κ2) is 5.65. The maximum Gasteiger partial charge on any atom is 0.129 e. The molecular weight excluding hydrogens is 276 g/mol. The van der Waals surface area contributed by atoms with Gasteiger partial charge in [-0.15, -0.1) is 0 Å². The molecule has 1 unspecified atom stereocenters. The first-order valence-corrected chi connectivity index (χ1v) is 6.05. The van der Waals surface area contributed by atoms with Crippen LogP contribution in [0.15, 0.2) is 36.5 Å². The van der Waals surface area contributed by atoms with E-state index in [4.69, 9.17) is 23.2 Å². The van der Waals surface area contributed by atoms with E-state index in [0.29, 0.717) is 21.3 Å². The quantitative estimate of drug-likeness (QED) is 0.870. The van der Waals surface area contributed by atoms with Gasteiger partial charge in [-0.2, -0.15) is 0 Å². The number of aliphatic hydroxyl groups excluding tert-OH is 1. The van der Waals surface area contributed by atoms with E-state index in [1.54, 1.807) is 24.3 Å². The number of nitrogens with zero attached hydrogens (tertiary/aromatic N) is 1. The number of aromatic nitrogens is 1. The molecular formula is C13H10Cl2FNO. The molecule has 1 atom stereocenters. The average molecular weight is 286 g/mol. The summed E-state index contributed by atoms with van der Waals surface area (Å²) >= 11 is 11.4. The van der Waals surface area contributed by atoms with Crippen molar-refractivity contribution in [2.75, 3.05) is 0 Å². The van der Waals surface area contributed by atoms with Gasteiger partial charge in [-0.25, -0.2) is 9.37 Å². The third kappa shape index (κ3) is 3.19. The van der Waals surface area contributed by atoms with Crippen molar-refractivity contribution in [2.45, 2.75) is 12.5 Å². The van der Waals surface area contributed by atoms with Gasteiger partial charge in [0, 0.05) is 17.6 Å². The smallest absolute Gasteiger partial charge is 0.129 e. The van der Waals surface area contributed by atoms with Crippen LogP contribution in [0.1, 0.15) is 17.2 Å². The standard InChI is InChI=1S/C13H10Cl2FNO/c14-10-2-1-8(11(16)7-10)5-12(18)9-3-4-17-13(15)6-9/h1-4,6-7,12,18H,5H2. The molecule has 0 aliphatic rings. The Bertz CT molecular complexity index is 562. The summed E-state index contributed by atoms with van der Waals surface area (Å²) in [6.45, 7) is 0. The topological polar surface area (TPSA) is 33.1 Å². The zero-order valence-corrected chi connectivity index (χ0v) is 10.8. The van der Waals surface area contributed by atoms with Crippen molar-refractivity contribution < 1.29 is 9.50 Å². The number of pyridine rings is 1. The lowest BCUT2D eigenvalue weighted by Crippen LogP contribution is -2.03. The van der Waals surface area contributed by atoms with Crippen LogP contribution >= 0.6 is 23.2 Å². The number of hydrogen-bond acceptors (Lipinski definition) is 2. The Morgan fingerprint density at radius 2 is 2.00 bits per heavy atom. The van der Waals surface area contributed by atoms with Crippen LogP contribution in [0.2, 0.25) is 10.2 Å². The van der Waals surface area contributed by atoms with Crippen molar-refractivity contribution in [3.05, 3.63) is 63.6 Å². The molecule has 1 N–H and O–H groups in total. The summed E-state index contributed by atoms with van der Waals surface area (Å²) in [6.07, 6.45) is 0.823. The van der Waals surface area contributed by atoms with Gasteiger partial charge < -0.3 is 5.11 Å². The molecule has 0 fully saturated rings. The van der Waals surface area contributed by atoms with E-state index < -0.39 is 11.9 Å². The van der Waals surface area contributed by atoms with Gasteiger partial charge in [0.25, 0.3) is 0 Å². The molecule has 94 valence electrons. The minimum absolute atomic E-state index is 0.156.